The van der Waals surface area contributed by atoms with Crippen LogP contribution in [0, 0.1) is 5.92 Å². The summed E-state index contributed by atoms with van der Waals surface area (Å²) in [4.78, 5) is 9.88. The molecule has 2 N–H and O–H groups in total. The molecule has 1 aromatic carbocycles. The molecule has 30 heavy (non-hydrogen) atoms. The summed E-state index contributed by atoms with van der Waals surface area (Å²) in [6.45, 7) is 15.5. The summed E-state index contributed by atoms with van der Waals surface area (Å²) < 4.78 is 11.4. The zero-order valence-electron chi connectivity index (χ0n) is 19.6. The van der Waals surface area contributed by atoms with E-state index in [2.05, 4.69) is 48.3 Å². The number of likely N-dealkylation sites (N-methyl/N-ethyl adjacent to an activating group) is 1. The summed E-state index contributed by atoms with van der Waals surface area (Å²) in [5.74, 6) is 2.91. The average Bonchev–Trinajstić information content (AvgIpc) is 2.73. The second kappa shape index (κ2) is 12.6. The lowest BCUT2D eigenvalue weighted by atomic mass is 10.0. The van der Waals surface area contributed by atoms with Gasteiger partial charge in [0.05, 0.1) is 20.2 Å². The van der Waals surface area contributed by atoms with Gasteiger partial charge in [-0.15, -0.1) is 0 Å². The van der Waals surface area contributed by atoms with E-state index < -0.39 is 0 Å². The molecule has 1 saturated heterocycles. The first-order valence-corrected chi connectivity index (χ1v) is 11.2. The van der Waals surface area contributed by atoms with Crippen LogP contribution in [0.1, 0.15) is 27.7 Å². The van der Waals surface area contributed by atoms with E-state index in [9.17, 15) is 0 Å². The maximum absolute atomic E-state index is 6.05. The third kappa shape index (κ3) is 7.69. The Hall–Kier alpha value is -1.99. The third-order valence-electron chi connectivity index (χ3n) is 5.51. The van der Waals surface area contributed by atoms with Crippen LogP contribution in [-0.4, -0.2) is 87.9 Å². The molecule has 0 aromatic heterocycles. The first-order valence-electron chi connectivity index (χ1n) is 11.2. The second-order valence-corrected chi connectivity index (χ2v) is 8.33. The van der Waals surface area contributed by atoms with Crippen LogP contribution >= 0.6 is 0 Å². The van der Waals surface area contributed by atoms with Crippen molar-refractivity contribution in [3.8, 4) is 11.5 Å². The number of ether oxygens (including phenoxy) is 2. The molecule has 1 aliphatic rings. The molecule has 0 saturated carbocycles. The van der Waals surface area contributed by atoms with Crippen LogP contribution in [-0.2, 0) is 0 Å². The fraction of sp³-hybridized carbons (Fsp3) is 0.696. The molecule has 1 aromatic rings. The van der Waals surface area contributed by atoms with Crippen LogP contribution in [0.25, 0.3) is 0 Å². The van der Waals surface area contributed by atoms with E-state index in [1.807, 2.05) is 31.2 Å². The standard InChI is InChI=1S/C23H41N5O2/c1-7-24-23(25-16-19(4)30-22-11-9-8-10-21(22)29-6)26-17-20(18(2)3)28-14-12-27(5)13-15-28/h8-11,18-20H,7,12-17H2,1-6H3,(H2,24,25,26). The summed E-state index contributed by atoms with van der Waals surface area (Å²) in [5.41, 5.74) is 0. The zero-order chi connectivity index (χ0) is 21.9. The SMILES string of the molecule is CCNC(=NCC(C(C)C)N1CCN(C)CC1)NCC(C)Oc1ccccc1OC. The van der Waals surface area contributed by atoms with Gasteiger partial charge in [0.2, 0.25) is 0 Å². The van der Waals surface area contributed by atoms with Gasteiger partial charge in [-0.25, -0.2) is 0 Å². The number of para-hydroxylation sites is 2. The van der Waals surface area contributed by atoms with Crippen molar-refractivity contribution < 1.29 is 9.47 Å². The van der Waals surface area contributed by atoms with Crippen LogP contribution in [0.4, 0.5) is 0 Å². The van der Waals surface area contributed by atoms with Crippen LogP contribution in [0.5, 0.6) is 11.5 Å². The maximum atomic E-state index is 6.05. The lowest BCUT2D eigenvalue weighted by molar-refractivity contribution is 0.0925. The zero-order valence-corrected chi connectivity index (χ0v) is 19.6. The minimum atomic E-state index is -0.0244. The third-order valence-corrected chi connectivity index (χ3v) is 5.51. The lowest BCUT2D eigenvalue weighted by Gasteiger charge is -2.39. The van der Waals surface area contributed by atoms with Crippen LogP contribution in [0.3, 0.4) is 0 Å². The molecule has 0 aliphatic carbocycles. The number of nitrogens with zero attached hydrogens (tertiary/aromatic N) is 3. The lowest BCUT2D eigenvalue weighted by Crippen LogP contribution is -2.52. The number of hydrogen-bond donors (Lipinski definition) is 2. The van der Waals surface area contributed by atoms with Gasteiger partial charge in [0.15, 0.2) is 17.5 Å². The largest absolute Gasteiger partial charge is 0.493 e. The van der Waals surface area contributed by atoms with Gasteiger partial charge >= 0.3 is 0 Å². The van der Waals surface area contributed by atoms with E-state index in [0.29, 0.717) is 18.5 Å². The monoisotopic (exact) mass is 419 g/mol. The van der Waals surface area contributed by atoms with Crippen LogP contribution < -0.4 is 20.1 Å². The first kappa shape index (κ1) is 24.3. The molecule has 1 fully saturated rings. The number of guanidine groups is 1. The Labute approximate surface area is 182 Å². The second-order valence-electron chi connectivity index (χ2n) is 8.33. The first-order chi connectivity index (χ1) is 14.4. The van der Waals surface area contributed by atoms with Gasteiger partial charge in [-0.2, -0.15) is 0 Å². The predicted molar refractivity (Wildman–Crippen MR) is 125 cm³/mol. The molecular formula is C23H41N5O2. The Kier molecular flexibility index (Phi) is 10.2. The number of nitrogens with one attached hydrogen (secondary N) is 2. The van der Waals surface area contributed by atoms with Gasteiger partial charge in [-0.3, -0.25) is 9.89 Å². The van der Waals surface area contributed by atoms with E-state index in [1.54, 1.807) is 7.11 Å². The summed E-state index contributed by atoms with van der Waals surface area (Å²) in [7, 11) is 3.86. The highest BCUT2D eigenvalue weighted by atomic mass is 16.5. The summed E-state index contributed by atoms with van der Waals surface area (Å²) >= 11 is 0. The van der Waals surface area contributed by atoms with E-state index in [-0.39, 0.29) is 6.10 Å². The van der Waals surface area contributed by atoms with E-state index in [1.165, 1.54) is 0 Å². The van der Waals surface area contributed by atoms with E-state index in [4.69, 9.17) is 14.5 Å². The molecule has 2 rings (SSSR count). The fourth-order valence-corrected chi connectivity index (χ4v) is 3.64. The van der Waals surface area contributed by atoms with Crippen molar-refractivity contribution in [3.63, 3.8) is 0 Å². The molecule has 1 aliphatic heterocycles. The molecule has 7 nitrogen and oxygen atoms in total. The van der Waals surface area contributed by atoms with Gasteiger partial charge in [0, 0.05) is 38.8 Å². The quantitative estimate of drug-likeness (QED) is 0.448. The Bertz CT molecular complexity index is 644. The number of methoxy groups -OCH3 is 1. The van der Waals surface area contributed by atoms with Crippen molar-refractivity contribution >= 4 is 5.96 Å². The summed E-state index contributed by atoms with van der Waals surface area (Å²) in [5, 5.41) is 6.79. The van der Waals surface area contributed by atoms with Crippen LogP contribution in [0.2, 0.25) is 0 Å². The topological polar surface area (TPSA) is 61.4 Å². The molecule has 170 valence electrons. The van der Waals surface area contributed by atoms with Crippen molar-refractivity contribution in [1.82, 2.24) is 20.4 Å². The van der Waals surface area contributed by atoms with Gasteiger partial charge in [0.25, 0.3) is 0 Å². The van der Waals surface area contributed by atoms with Gasteiger partial charge in [-0.1, -0.05) is 26.0 Å². The van der Waals surface area contributed by atoms with Crippen molar-refractivity contribution in [1.29, 1.82) is 0 Å². The van der Waals surface area contributed by atoms with Crippen LogP contribution in [0.15, 0.2) is 29.3 Å². The predicted octanol–water partition coefficient (Wildman–Crippen LogP) is 2.29. The molecule has 0 spiro atoms. The molecule has 7 heteroatoms. The van der Waals surface area contributed by atoms with Crippen molar-refractivity contribution in [2.75, 3.05) is 60.0 Å². The number of rotatable bonds is 10. The highest BCUT2D eigenvalue weighted by molar-refractivity contribution is 5.79. The number of aliphatic imine (C=N–C) groups is 1. The molecular weight excluding hydrogens is 378 g/mol. The minimum absolute atomic E-state index is 0.0244. The van der Waals surface area contributed by atoms with E-state index >= 15 is 0 Å². The normalized spacial score (nSPS) is 18.2. The summed E-state index contributed by atoms with van der Waals surface area (Å²) in [6.07, 6.45) is -0.0244. The summed E-state index contributed by atoms with van der Waals surface area (Å²) in [6, 6.07) is 8.18. The molecule has 1 heterocycles. The van der Waals surface area contributed by atoms with Gasteiger partial charge in [0.1, 0.15) is 6.10 Å². The van der Waals surface area contributed by atoms with Crippen molar-refractivity contribution in [3.05, 3.63) is 24.3 Å². The Morgan fingerprint density at radius 1 is 1.07 bits per heavy atom. The number of benzene rings is 1. The van der Waals surface area contributed by atoms with Gasteiger partial charge in [-0.05, 0) is 38.9 Å². The molecule has 0 bridgehead atoms. The smallest absolute Gasteiger partial charge is 0.191 e. The average molecular weight is 420 g/mol. The highest BCUT2D eigenvalue weighted by Gasteiger charge is 2.24. The maximum Gasteiger partial charge on any atom is 0.191 e. The van der Waals surface area contributed by atoms with Gasteiger partial charge < -0.3 is 25.0 Å². The van der Waals surface area contributed by atoms with Crippen molar-refractivity contribution in [2.24, 2.45) is 10.9 Å². The molecule has 0 amide bonds. The Balaban J connectivity index is 1.92. The fourth-order valence-electron chi connectivity index (χ4n) is 3.64. The molecule has 0 radical (unpaired) electrons. The highest BCUT2D eigenvalue weighted by Crippen LogP contribution is 2.26. The Morgan fingerprint density at radius 2 is 1.73 bits per heavy atom. The molecule has 2 unspecified atom stereocenters. The number of hydrogen-bond acceptors (Lipinski definition) is 5. The Morgan fingerprint density at radius 3 is 2.33 bits per heavy atom. The van der Waals surface area contributed by atoms with Crippen molar-refractivity contribution in [2.45, 2.75) is 39.8 Å². The minimum Gasteiger partial charge on any atom is -0.493 e. The molecule has 2 atom stereocenters. The van der Waals surface area contributed by atoms with E-state index in [0.717, 1.165) is 56.7 Å². The number of piperazine rings is 1.